The molecule has 0 aliphatic heterocycles. The van der Waals surface area contributed by atoms with Crippen molar-refractivity contribution in [3.63, 3.8) is 0 Å². The van der Waals surface area contributed by atoms with Crippen molar-refractivity contribution in [3.8, 4) is 0 Å². The van der Waals surface area contributed by atoms with Crippen LogP contribution in [0.1, 0.15) is 22.7 Å². The van der Waals surface area contributed by atoms with Gasteiger partial charge in [-0.25, -0.2) is 9.82 Å². The standard InChI is InChI=1S/C14H13ClFIN2/c1-8-4-10(6-11(16)5-8)14(19-18)9-2-3-13(17)12(15)7-9/h2-7,14,19H,18H2,1H3. The minimum atomic E-state index is -0.288. The van der Waals surface area contributed by atoms with Crippen LogP contribution in [0.5, 0.6) is 0 Å². The number of hydrogen-bond donors (Lipinski definition) is 2. The van der Waals surface area contributed by atoms with Gasteiger partial charge >= 0.3 is 0 Å². The Labute approximate surface area is 130 Å². The molecular formula is C14H13ClFIN2. The minimum Gasteiger partial charge on any atom is -0.271 e. The summed E-state index contributed by atoms with van der Waals surface area (Å²) < 4.78 is 14.5. The molecule has 2 aromatic carbocycles. The molecule has 2 nitrogen and oxygen atoms in total. The number of halogens is 3. The molecule has 0 radical (unpaired) electrons. The third-order valence-electron chi connectivity index (χ3n) is 2.84. The van der Waals surface area contributed by atoms with Gasteiger partial charge in [0.25, 0.3) is 0 Å². The first-order valence-corrected chi connectivity index (χ1v) is 7.15. The van der Waals surface area contributed by atoms with Gasteiger partial charge in [-0.05, 0) is 70.5 Å². The van der Waals surface area contributed by atoms with Crippen LogP contribution < -0.4 is 11.3 Å². The van der Waals surface area contributed by atoms with Crippen LogP contribution >= 0.6 is 34.2 Å². The van der Waals surface area contributed by atoms with E-state index < -0.39 is 0 Å². The van der Waals surface area contributed by atoms with Gasteiger partial charge in [0.2, 0.25) is 0 Å². The number of benzene rings is 2. The van der Waals surface area contributed by atoms with Gasteiger partial charge in [-0.3, -0.25) is 5.84 Å². The fourth-order valence-corrected chi connectivity index (χ4v) is 2.53. The van der Waals surface area contributed by atoms with Crippen LogP contribution in [0.15, 0.2) is 36.4 Å². The molecule has 0 aromatic heterocycles. The fourth-order valence-electron chi connectivity index (χ4n) is 2.01. The molecule has 0 amide bonds. The van der Waals surface area contributed by atoms with E-state index in [0.29, 0.717) is 5.02 Å². The van der Waals surface area contributed by atoms with Gasteiger partial charge in [0.05, 0.1) is 11.1 Å². The van der Waals surface area contributed by atoms with E-state index in [1.165, 1.54) is 12.1 Å². The second-order valence-electron chi connectivity index (χ2n) is 4.34. The average Bonchev–Trinajstić information content (AvgIpc) is 2.33. The lowest BCUT2D eigenvalue weighted by atomic mass is 9.98. The minimum absolute atomic E-state index is 0.271. The quantitative estimate of drug-likeness (QED) is 0.473. The summed E-state index contributed by atoms with van der Waals surface area (Å²) in [4.78, 5) is 0. The van der Waals surface area contributed by atoms with Gasteiger partial charge in [-0.2, -0.15) is 0 Å². The topological polar surface area (TPSA) is 38.0 Å². The SMILES string of the molecule is Cc1cc(F)cc(C(NN)c2ccc(I)c(Cl)c2)c1. The maximum Gasteiger partial charge on any atom is 0.123 e. The van der Waals surface area contributed by atoms with Gasteiger partial charge in [0.15, 0.2) is 0 Å². The van der Waals surface area contributed by atoms with Crippen molar-refractivity contribution >= 4 is 34.2 Å². The Balaban J connectivity index is 2.46. The van der Waals surface area contributed by atoms with E-state index in [-0.39, 0.29) is 11.9 Å². The predicted molar refractivity (Wildman–Crippen MR) is 84.5 cm³/mol. The third kappa shape index (κ3) is 3.45. The zero-order valence-electron chi connectivity index (χ0n) is 10.3. The Kier molecular flexibility index (Phi) is 4.78. The second kappa shape index (κ2) is 6.17. The molecule has 3 N–H and O–H groups in total. The molecule has 0 fully saturated rings. The van der Waals surface area contributed by atoms with Crippen molar-refractivity contribution in [3.05, 3.63) is 67.5 Å². The number of hydrazine groups is 1. The summed E-state index contributed by atoms with van der Waals surface area (Å²) >= 11 is 8.27. The zero-order valence-corrected chi connectivity index (χ0v) is 13.2. The van der Waals surface area contributed by atoms with Crippen LogP contribution in [0, 0.1) is 16.3 Å². The summed E-state index contributed by atoms with van der Waals surface area (Å²) in [6, 6.07) is 10.3. The van der Waals surface area contributed by atoms with Crippen molar-refractivity contribution in [1.29, 1.82) is 0 Å². The molecular weight excluding hydrogens is 378 g/mol. The summed E-state index contributed by atoms with van der Waals surface area (Å²) in [5.41, 5.74) is 5.24. The van der Waals surface area contributed by atoms with E-state index in [2.05, 4.69) is 28.0 Å². The number of nitrogens with one attached hydrogen (secondary N) is 1. The molecule has 19 heavy (non-hydrogen) atoms. The first-order valence-electron chi connectivity index (χ1n) is 5.69. The van der Waals surface area contributed by atoms with E-state index in [9.17, 15) is 4.39 Å². The lowest BCUT2D eigenvalue weighted by Gasteiger charge is -2.18. The molecule has 0 saturated carbocycles. The molecule has 2 aromatic rings. The summed E-state index contributed by atoms with van der Waals surface area (Å²) in [7, 11) is 0. The molecule has 0 aliphatic rings. The van der Waals surface area contributed by atoms with Gasteiger partial charge in [-0.1, -0.05) is 23.7 Å². The normalized spacial score (nSPS) is 12.5. The Morgan fingerprint density at radius 3 is 2.53 bits per heavy atom. The molecule has 1 unspecified atom stereocenters. The highest BCUT2D eigenvalue weighted by molar-refractivity contribution is 14.1. The molecule has 1 atom stereocenters. The number of hydrogen-bond acceptors (Lipinski definition) is 2. The first-order chi connectivity index (χ1) is 9.01. The lowest BCUT2D eigenvalue weighted by Crippen LogP contribution is -2.29. The molecule has 0 spiro atoms. The summed E-state index contributed by atoms with van der Waals surface area (Å²) in [6.07, 6.45) is 0. The first kappa shape index (κ1) is 14.7. The van der Waals surface area contributed by atoms with Gasteiger partial charge in [-0.15, -0.1) is 0 Å². The van der Waals surface area contributed by atoms with Crippen molar-refractivity contribution in [2.24, 2.45) is 5.84 Å². The largest absolute Gasteiger partial charge is 0.271 e. The third-order valence-corrected chi connectivity index (χ3v) is 4.41. The Morgan fingerprint density at radius 2 is 1.95 bits per heavy atom. The van der Waals surface area contributed by atoms with Crippen LogP contribution in [0.25, 0.3) is 0 Å². The molecule has 5 heteroatoms. The van der Waals surface area contributed by atoms with E-state index >= 15 is 0 Å². The van der Waals surface area contributed by atoms with Gasteiger partial charge in [0.1, 0.15) is 5.82 Å². The Bertz CT molecular complexity index is 584. The van der Waals surface area contributed by atoms with Crippen molar-refractivity contribution in [2.45, 2.75) is 13.0 Å². The van der Waals surface area contributed by atoms with Crippen LogP contribution in [0.2, 0.25) is 5.02 Å². The van der Waals surface area contributed by atoms with Crippen LogP contribution in [-0.4, -0.2) is 0 Å². The van der Waals surface area contributed by atoms with Crippen molar-refractivity contribution in [1.82, 2.24) is 5.43 Å². The molecule has 0 heterocycles. The van der Waals surface area contributed by atoms with E-state index in [1.807, 2.05) is 31.2 Å². The molecule has 0 bridgehead atoms. The fraction of sp³-hybridized carbons (Fsp3) is 0.143. The van der Waals surface area contributed by atoms with Crippen molar-refractivity contribution < 1.29 is 4.39 Å². The zero-order chi connectivity index (χ0) is 14.0. The van der Waals surface area contributed by atoms with Crippen LogP contribution in [-0.2, 0) is 0 Å². The number of rotatable bonds is 3. The Hall–Kier alpha value is -0.690. The van der Waals surface area contributed by atoms with E-state index in [0.717, 1.165) is 20.3 Å². The van der Waals surface area contributed by atoms with E-state index in [1.54, 1.807) is 0 Å². The smallest absolute Gasteiger partial charge is 0.123 e. The highest BCUT2D eigenvalue weighted by Gasteiger charge is 2.14. The van der Waals surface area contributed by atoms with Gasteiger partial charge < -0.3 is 0 Å². The van der Waals surface area contributed by atoms with E-state index in [4.69, 9.17) is 17.4 Å². The molecule has 100 valence electrons. The number of aryl methyl sites for hydroxylation is 1. The number of nitrogens with two attached hydrogens (primary N) is 1. The maximum absolute atomic E-state index is 13.5. The summed E-state index contributed by atoms with van der Waals surface area (Å²) in [5, 5.41) is 0.659. The van der Waals surface area contributed by atoms with Crippen molar-refractivity contribution in [2.75, 3.05) is 0 Å². The second-order valence-corrected chi connectivity index (χ2v) is 5.90. The Morgan fingerprint density at radius 1 is 1.21 bits per heavy atom. The molecule has 0 saturated heterocycles. The molecule has 0 aliphatic carbocycles. The highest BCUT2D eigenvalue weighted by Crippen LogP contribution is 2.27. The van der Waals surface area contributed by atoms with Crippen LogP contribution in [0.3, 0.4) is 0 Å². The monoisotopic (exact) mass is 390 g/mol. The summed E-state index contributed by atoms with van der Waals surface area (Å²) in [6.45, 7) is 1.85. The average molecular weight is 391 g/mol. The lowest BCUT2D eigenvalue weighted by molar-refractivity contribution is 0.604. The highest BCUT2D eigenvalue weighted by atomic mass is 127. The van der Waals surface area contributed by atoms with Gasteiger partial charge in [0, 0.05) is 3.57 Å². The maximum atomic E-state index is 13.5. The predicted octanol–water partition coefficient (Wildman–Crippen LogP) is 3.94. The molecule has 2 rings (SSSR count). The summed E-state index contributed by atoms with van der Waals surface area (Å²) in [5.74, 6) is 5.34. The van der Waals surface area contributed by atoms with Crippen LogP contribution in [0.4, 0.5) is 4.39 Å².